The van der Waals surface area contributed by atoms with Crippen LogP contribution in [0.25, 0.3) is 0 Å². The summed E-state index contributed by atoms with van der Waals surface area (Å²) in [6, 6.07) is 8.00. The van der Waals surface area contributed by atoms with Crippen molar-refractivity contribution in [3.05, 3.63) is 24.3 Å². The SMILES string of the molecule is CSc1ccc(N2CC(C(=O)N3C[C@H]4CNC[C@H]4C3)CC2=O)cc1.Cl. The minimum Gasteiger partial charge on any atom is -0.342 e. The number of likely N-dealkylation sites (tertiary alicyclic amines) is 1. The van der Waals surface area contributed by atoms with Crippen molar-refractivity contribution in [1.82, 2.24) is 10.2 Å². The highest BCUT2D eigenvalue weighted by atomic mass is 35.5. The third-order valence-corrected chi connectivity index (χ3v) is 6.30. The molecule has 1 aromatic rings. The van der Waals surface area contributed by atoms with Gasteiger partial charge < -0.3 is 15.1 Å². The van der Waals surface area contributed by atoms with Gasteiger partial charge in [0.25, 0.3) is 0 Å². The first-order valence-electron chi connectivity index (χ1n) is 8.59. The molecular formula is C18H24ClN3O2S. The lowest BCUT2D eigenvalue weighted by Crippen LogP contribution is -2.37. The predicted octanol–water partition coefficient (Wildman–Crippen LogP) is 1.86. The minimum absolute atomic E-state index is 0. The van der Waals surface area contributed by atoms with Crippen LogP contribution >= 0.6 is 24.2 Å². The molecule has 0 saturated carbocycles. The zero-order valence-electron chi connectivity index (χ0n) is 14.3. The lowest BCUT2D eigenvalue weighted by molar-refractivity contribution is -0.135. The Morgan fingerprint density at radius 2 is 1.76 bits per heavy atom. The Bertz CT molecular complexity index is 642. The molecule has 2 amide bonds. The van der Waals surface area contributed by atoms with Gasteiger partial charge in [0.05, 0.1) is 5.92 Å². The van der Waals surface area contributed by atoms with Gasteiger partial charge in [-0.05, 0) is 42.4 Å². The maximum atomic E-state index is 12.8. The van der Waals surface area contributed by atoms with Crippen LogP contribution in [-0.2, 0) is 9.59 Å². The molecule has 3 fully saturated rings. The summed E-state index contributed by atoms with van der Waals surface area (Å²) in [5.41, 5.74) is 0.899. The second-order valence-electron chi connectivity index (χ2n) is 7.03. The summed E-state index contributed by atoms with van der Waals surface area (Å²) < 4.78 is 0. The van der Waals surface area contributed by atoms with E-state index in [9.17, 15) is 9.59 Å². The van der Waals surface area contributed by atoms with Crippen LogP contribution in [0.3, 0.4) is 0 Å². The third kappa shape index (κ3) is 3.52. The zero-order valence-corrected chi connectivity index (χ0v) is 15.9. The molecule has 0 spiro atoms. The van der Waals surface area contributed by atoms with Crippen molar-refractivity contribution in [2.75, 3.05) is 43.9 Å². The third-order valence-electron chi connectivity index (χ3n) is 5.56. The molecule has 7 heteroatoms. The van der Waals surface area contributed by atoms with E-state index in [1.807, 2.05) is 35.4 Å². The van der Waals surface area contributed by atoms with Gasteiger partial charge in [-0.3, -0.25) is 9.59 Å². The molecular weight excluding hydrogens is 358 g/mol. The highest BCUT2D eigenvalue weighted by Gasteiger charge is 2.43. The van der Waals surface area contributed by atoms with E-state index in [0.717, 1.165) is 31.9 Å². The fourth-order valence-corrected chi connectivity index (χ4v) is 4.59. The first-order valence-corrected chi connectivity index (χ1v) is 9.82. The van der Waals surface area contributed by atoms with Gasteiger partial charge in [-0.1, -0.05) is 0 Å². The summed E-state index contributed by atoms with van der Waals surface area (Å²) in [7, 11) is 0. The molecule has 3 aliphatic rings. The van der Waals surface area contributed by atoms with E-state index in [2.05, 4.69) is 5.32 Å². The number of hydrogen-bond donors (Lipinski definition) is 1. The summed E-state index contributed by atoms with van der Waals surface area (Å²) in [5.74, 6) is 1.24. The Morgan fingerprint density at radius 1 is 1.12 bits per heavy atom. The lowest BCUT2D eigenvalue weighted by atomic mass is 10.0. The van der Waals surface area contributed by atoms with E-state index in [0.29, 0.717) is 24.8 Å². The van der Waals surface area contributed by atoms with Crippen molar-refractivity contribution in [2.45, 2.75) is 11.3 Å². The average molecular weight is 382 g/mol. The van der Waals surface area contributed by atoms with Crippen molar-refractivity contribution >= 4 is 41.7 Å². The fraction of sp³-hybridized carbons (Fsp3) is 0.556. The molecule has 3 heterocycles. The molecule has 3 saturated heterocycles. The standard InChI is InChI=1S/C18H23N3O2S.ClH/c1-24-16-4-2-15(3-5-16)21-11-12(6-17(21)22)18(23)20-9-13-7-19-8-14(13)10-20;/h2-5,12-14,19H,6-11H2,1H3;1H/t12?,13-,14+;. The number of thioether (sulfide) groups is 1. The molecule has 1 unspecified atom stereocenters. The van der Waals surface area contributed by atoms with Crippen molar-refractivity contribution in [1.29, 1.82) is 0 Å². The Labute approximate surface area is 158 Å². The summed E-state index contributed by atoms with van der Waals surface area (Å²) in [5, 5.41) is 3.40. The maximum Gasteiger partial charge on any atom is 0.228 e. The van der Waals surface area contributed by atoms with Crippen LogP contribution in [0.15, 0.2) is 29.2 Å². The van der Waals surface area contributed by atoms with Gasteiger partial charge in [0.1, 0.15) is 0 Å². The Balaban J connectivity index is 0.00000182. The molecule has 0 aliphatic carbocycles. The summed E-state index contributed by atoms with van der Waals surface area (Å²) >= 11 is 1.68. The Hall–Kier alpha value is -1.24. The van der Waals surface area contributed by atoms with Crippen molar-refractivity contribution < 1.29 is 9.59 Å². The number of carbonyl (C=O) groups excluding carboxylic acids is 2. The van der Waals surface area contributed by atoms with Crippen LogP contribution in [-0.4, -0.2) is 55.7 Å². The van der Waals surface area contributed by atoms with Gasteiger partial charge in [-0.15, -0.1) is 24.2 Å². The summed E-state index contributed by atoms with van der Waals surface area (Å²) in [6.07, 6.45) is 2.37. The lowest BCUT2D eigenvalue weighted by Gasteiger charge is -2.22. The van der Waals surface area contributed by atoms with Gasteiger partial charge in [-0.25, -0.2) is 0 Å². The van der Waals surface area contributed by atoms with E-state index in [1.54, 1.807) is 16.7 Å². The van der Waals surface area contributed by atoms with Crippen molar-refractivity contribution in [3.63, 3.8) is 0 Å². The van der Waals surface area contributed by atoms with Gasteiger partial charge >= 0.3 is 0 Å². The molecule has 25 heavy (non-hydrogen) atoms. The number of hydrogen-bond acceptors (Lipinski definition) is 4. The van der Waals surface area contributed by atoms with Gasteiger partial charge in [0, 0.05) is 49.7 Å². The Kier molecular flexibility index (Phi) is 5.61. The average Bonchev–Trinajstić information content (AvgIpc) is 3.28. The first-order chi connectivity index (χ1) is 11.7. The predicted molar refractivity (Wildman–Crippen MR) is 102 cm³/mol. The minimum atomic E-state index is -0.190. The molecule has 0 bridgehead atoms. The van der Waals surface area contributed by atoms with E-state index in [-0.39, 0.29) is 30.1 Å². The molecule has 3 aliphatic heterocycles. The van der Waals surface area contributed by atoms with Crippen LogP contribution in [0.2, 0.25) is 0 Å². The van der Waals surface area contributed by atoms with Crippen LogP contribution in [0.1, 0.15) is 6.42 Å². The highest BCUT2D eigenvalue weighted by molar-refractivity contribution is 7.98. The van der Waals surface area contributed by atoms with Crippen LogP contribution in [0, 0.1) is 17.8 Å². The summed E-state index contributed by atoms with van der Waals surface area (Å²) in [4.78, 5) is 30.2. The zero-order chi connectivity index (χ0) is 16.7. The Morgan fingerprint density at radius 3 is 2.36 bits per heavy atom. The number of nitrogens with one attached hydrogen (secondary N) is 1. The highest BCUT2D eigenvalue weighted by Crippen LogP contribution is 2.31. The van der Waals surface area contributed by atoms with E-state index in [4.69, 9.17) is 0 Å². The van der Waals surface area contributed by atoms with Crippen molar-refractivity contribution in [3.8, 4) is 0 Å². The largest absolute Gasteiger partial charge is 0.342 e. The van der Waals surface area contributed by atoms with Crippen LogP contribution in [0.5, 0.6) is 0 Å². The number of carbonyl (C=O) groups is 2. The topological polar surface area (TPSA) is 52.7 Å². The molecule has 4 rings (SSSR count). The second-order valence-corrected chi connectivity index (χ2v) is 7.90. The molecule has 1 N–H and O–H groups in total. The molecule has 0 radical (unpaired) electrons. The number of fused-ring (bicyclic) bond motifs is 1. The number of rotatable bonds is 3. The van der Waals surface area contributed by atoms with E-state index in [1.165, 1.54) is 4.90 Å². The fourth-order valence-electron chi connectivity index (χ4n) is 4.18. The second kappa shape index (κ2) is 7.56. The number of nitrogens with zero attached hydrogens (tertiary/aromatic N) is 2. The van der Waals surface area contributed by atoms with E-state index < -0.39 is 0 Å². The quantitative estimate of drug-likeness (QED) is 0.812. The maximum absolute atomic E-state index is 12.8. The van der Waals surface area contributed by atoms with Gasteiger partial charge in [0.2, 0.25) is 11.8 Å². The smallest absolute Gasteiger partial charge is 0.228 e. The molecule has 1 aromatic carbocycles. The van der Waals surface area contributed by atoms with Gasteiger partial charge in [-0.2, -0.15) is 0 Å². The van der Waals surface area contributed by atoms with E-state index >= 15 is 0 Å². The van der Waals surface area contributed by atoms with Gasteiger partial charge in [0.15, 0.2) is 0 Å². The number of halogens is 1. The monoisotopic (exact) mass is 381 g/mol. The number of amides is 2. The van der Waals surface area contributed by atoms with Crippen LogP contribution in [0.4, 0.5) is 5.69 Å². The summed E-state index contributed by atoms with van der Waals surface area (Å²) in [6.45, 7) is 4.26. The molecule has 136 valence electrons. The molecule has 3 atom stereocenters. The first kappa shape index (κ1) is 18.5. The number of benzene rings is 1. The van der Waals surface area contributed by atoms with Crippen LogP contribution < -0.4 is 10.2 Å². The molecule has 0 aromatic heterocycles. The normalized spacial score (nSPS) is 28.2. The molecule has 5 nitrogen and oxygen atoms in total. The van der Waals surface area contributed by atoms with Crippen molar-refractivity contribution in [2.24, 2.45) is 17.8 Å². The number of anilines is 1.